The van der Waals surface area contributed by atoms with Crippen molar-refractivity contribution in [3.63, 3.8) is 0 Å². The van der Waals surface area contributed by atoms with Crippen molar-refractivity contribution < 1.29 is 0 Å². The molecule has 0 saturated carbocycles. The largest absolute Gasteiger partial charge is 0.311 e. The van der Waals surface area contributed by atoms with Gasteiger partial charge in [0, 0.05) is 45.5 Å². The summed E-state index contributed by atoms with van der Waals surface area (Å²) in [4.78, 5) is 7.77. The Morgan fingerprint density at radius 3 is 1.01 bits per heavy atom. The van der Waals surface area contributed by atoms with Crippen LogP contribution < -0.4 is 31.1 Å². The van der Waals surface area contributed by atoms with Crippen LogP contribution in [0.5, 0.6) is 0 Å². The fourth-order valence-electron chi connectivity index (χ4n) is 11.1. The van der Waals surface area contributed by atoms with Crippen molar-refractivity contribution in [3.8, 4) is 0 Å². The van der Waals surface area contributed by atoms with Crippen molar-refractivity contribution in [3.05, 3.63) is 179 Å². The molecule has 2 aliphatic rings. The quantitative estimate of drug-likeness (QED) is 0.107. The first-order chi connectivity index (χ1) is 34.7. The van der Waals surface area contributed by atoms with Crippen LogP contribution in [0.1, 0.15) is 184 Å². The first-order valence-corrected chi connectivity index (χ1v) is 28.0. The topological polar surface area (TPSA) is 9.72 Å². The van der Waals surface area contributed by atoms with Crippen LogP contribution in [0.4, 0.5) is 51.2 Å². The van der Waals surface area contributed by atoms with Gasteiger partial charge in [0.1, 0.15) is 0 Å². The highest BCUT2D eigenvalue weighted by Crippen LogP contribution is 2.50. The molecule has 7 aromatic rings. The molecule has 0 amide bonds. The zero-order valence-electron chi connectivity index (χ0n) is 48.6. The summed E-state index contributed by atoms with van der Waals surface area (Å²) in [6, 6.07) is 57.7. The van der Waals surface area contributed by atoms with E-state index in [9.17, 15) is 0 Å². The Hall–Kier alpha value is -6.00. The van der Waals surface area contributed by atoms with Crippen molar-refractivity contribution in [1.29, 1.82) is 0 Å². The summed E-state index contributed by atoms with van der Waals surface area (Å²) in [5, 5.41) is 0. The molecule has 0 fully saturated rings. The van der Waals surface area contributed by atoms with E-state index in [4.69, 9.17) is 0 Å². The van der Waals surface area contributed by atoms with E-state index < -0.39 is 0 Å². The standard InChI is InChI=1S/C70H86BN3/c1-19-67(11,12)47-29-35-53(36-30-47)73-60-39-33-51(69(15,16)21-3)43-58(60)71-59-44-52(70(17,18)22-4)34-40-61(59)74(54-37-31-48(32-38-54)68(13,14)20-2)63-46-57(45-62(73)64(63)71)72(55-27-23-25-49(41-55)65(5,6)7)56-28-24-26-50(42-56)66(8,9)10/h23-46H,19-22H2,1-18H3. The fourth-order valence-corrected chi connectivity index (χ4v) is 11.1. The molecule has 4 heteroatoms. The van der Waals surface area contributed by atoms with Gasteiger partial charge in [-0.25, -0.2) is 0 Å². The Bertz CT molecular complexity index is 2980. The lowest BCUT2D eigenvalue weighted by molar-refractivity contribution is 0.506. The Morgan fingerprint density at radius 1 is 0.338 bits per heavy atom. The maximum absolute atomic E-state index is 2.62. The SMILES string of the molecule is CCC(C)(C)c1ccc(N2c3ccc(C(C)(C)CC)cc3B3c4cc(C(C)(C)CC)ccc4N(c4ccc(C(C)(C)CC)cc4)c4cc(N(c5cccc(C(C)(C)C)c5)c5cccc(C(C)(C)C)c5)cc2c43)cc1. The Balaban J connectivity index is 1.45. The molecular weight excluding hydrogens is 894 g/mol. The molecule has 2 aliphatic heterocycles. The minimum absolute atomic E-state index is 0.00646. The summed E-state index contributed by atoms with van der Waals surface area (Å²) in [5.74, 6) is 0. The number of nitrogens with zero attached hydrogens (tertiary/aromatic N) is 3. The van der Waals surface area contributed by atoms with Gasteiger partial charge in [0.2, 0.25) is 0 Å². The number of hydrogen-bond acceptors (Lipinski definition) is 3. The molecule has 74 heavy (non-hydrogen) atoms. The van der Waals surface area contributed by atoms with Crippen LogP contribution in [-0.2, 0) is 32.5 Å². The van der Waals surface area contributed by atoms with E-state index in [1.54, 1.807) is 0 Å². The molecule has 3 nitrogen and oxygen atoms in total. The predicted molar refractivity (Wildman–Crippen MR) is 326 cm³/mol. The third-order valence-electron chi connectivity index (χ3n) is 18.2. The van der Waals surface area contributed by atoms with Gasteiger partial charge in [0.05, 0.1) is 5.69 Å². The van der Waals surface area contributed by atoms with Crippen LogP contribution in [0.3, 0.4) is 0 Å². The molecule has 0 radical (unpaired) electrons. The predicted octanol–water partition coefficient (Wildman–Crippen LogP) is 18.6. The molecule has 0 atom stereocenters. The number of hydrogen-bond donors (Lipinski definition) is 0. The lowest BCUT2D eigenvalue weighted by Crippen LogP contribution is -2.61. The number of fused-ring (bicyclic) bond motifs is 4. The molecule has 0 saturated heterocycles. The summed E-state index contributed by atoms with van der Waals surface area (Å²) in [5.41, 5.74) is 22.8. The van der Waals surface area contributed by atoms with E-state index in [0.29, 0.717) is 0 Å². The van der Waals surface area contributed by atoms with E-state index in [-0.39, 0.29) is 39.2 Å². The second-order valence-corrected chi connectivity index (χ2v) is 26.5. The molecule has 0 unspecified atom stereocenters. The zero-order valence-corrected chi connectivity index (χ0v) is 48.6. The highest BCUT2D eigenvalue weighted by Gasteiger charge is 2.45. The minimum Gasteiger partial charge on any atom is -0.311 e. The average Bonchev–Trinajstić information content (AvgIpc) is 3.38. The van der Waals surface area contributed by atoms with Crippen molar-refractivity contribution >= 4 is 74.3 Å². The molecule has 0 aromatic heterocycles. The molecule has 384 valence electrons. The van der Waals surface area contributed by atoms with E-state index in [2.05, 4.69) is 285 Å². The van der Waals surface area contributed by atoms with Crippen molar-refractivity contribution in [1.82, 2.24) is 0 Å². The Kier molecular flexibility index (Phi) is 13.6. The monoisotopic (exact) mass is 980 g/mol. The molecule has 7 aromatic carbocycles. The summed E-state index contributed by atoms with van der Waals surface area (Å²) in [6.45, 7) is 42.3. The maximum atomic E-state index is 2.62. The average molecular weight is 980 g/mol. The first kappa shape index (κ1) is 52.9. The number of benzene rings is 7. The first-order valence-electron chi connectivity index (χ1n) is 28.0. The highest BCUT2D eigenvalue weighted by molar-refractivity contribution is 7.00. The molecule has 0 bridgehead atoms. The van der Waals surface area contributed by atoms with Crippen molar-refractivity contribution in [2.75, 3.05) is 14.7 Å². The lowest BCUT2D eigenvalue weighted by atomic mass is 9.33. The minimum atomic E-state index is -0.0432. The summed E-state index contributed by atoms with van der Waals surface area (Å²) >= 11 is 0. The van der Waals surface area contributed by atoms with Crippen LogP contribution in [0, 0.1) is 0 Å². The van der Waals surface area contributed by atoms with Gasteiger partial charge in [-0.15, -0.1) is 0 Å². The van der Waals surface area contributed by atoms with Crippen LogP contribution >= 0.6 is 0 Å². The highest BCUT2D eigenvalue weighted by atomic mass is 15.2. The van der Waals surface area contributed by atoms with Crippen molar-refractivity contribution in [2.45, 2.75) is 183 Å². The van der Waals surface area contributed by atoms with E-state index in [1.165, 1.54) is 83.9 Å². The van der Waals surface area contributed by atoms with Gasteiger partial charge < -0.3 is 14.7 Å². The van der Waals surface area contributed by atoms with Crippen LogP contribution in [0.15, 0.2) is 146 Å². The summed E-state index contributed by atoms with van der Waals surface area (Å²) in [7, 11) is 0. The maximum Gasteiger partial charge on any atom is 0.252 e. The van der Waals surface area contributed by atoms with Crippen LogP contribution in [0.25, 0.3) is 0 Å². The second-order valence-electron chi connectivity index (χ2n) is 26.5. The molecule has 0 spiro atoms. The fraction of sp³-hybridized carbons (Fsp3) is 0.400. The third kappa shape index (κ3) is 9.43. The van der Waals surface area contributed by atoms with Gasteiger partial charge >= 0.3 is 0 Å². The Morgan fingerprint density at radius 2 is 0.676 bits per heavy atom. The third-order valence-corrected chi connectivity index (χ3v) is 18.2. The van der Waals surface area contributed by atoms with Gasteiger partial charge in [-0.2, -0.15) is 0 Å². The zero-order chi connectivity index (χ0) is 53.5. The van der Waals surface area contributed by atoms with Gasteiger partial charge in [-0.05, 0) is 181 Å². The van der Waals surface area contributed by atoms with Gasteiger partial charge in [-0.1, -0.05) is 197 Å². The molecule has 0 N–H and O–H groups in total. The Labute approximate surface area is 448 Å². The van der Waals surface area contributed by atoms with Gasteiger partial charge in [0.25, 0.3) is 6.71 Å². The van der Waals surface area contributed by atoms with E-state index >= 15 is 0 Å². The normalized spacial score (nSPS) is 13.9. The summed E-state index contributed by atoms with van der Waals surface area (Å²) in [6.07, 6.45) is 4.23. The van der Waals surface area contributed by atoms with E-state index in [0.717, 1.165) is 42.7 Å². The lowest BCUT2D eigenvalue weighted by Gasteiger charge is -2.46. The second kappa shape index (κ2) is 19.0. The van der Waals surface area contributed by atoms with Crippen LogP contribution in [-0.4, -0.2) is 6.71 Å². The molecule has 2 heterocycles. The molecular formula is C70H86BN3. The van der Waals surface area contributed by atoms with Gasteiger partial charge in [0.15, 0.2) is 0 Å². The number of anilines is 9. The summed E-state index contributed by atoms with van der Waals surface area (Å²) < 4.78 is 0. The molecule has 9 rings (SSSR count). The van der Waals surface area contributed by atoms with Crippen molar-refractivity contribution in [2.24, 2.45) is 0 Å². The van der Waals surface area contributed by atoms with Crippen LogP contribution in [0.2, 0.25) is 0 Å². The van der Waals surface area contributed by atoms with Gasteiger partial charge in [-0.3, -0.25) is 0 Å². The smallest absolute Gasteiger partial charge is 0.252 e. The number of rotatable bonds is 13. The van der Waals surface area contributed by atoms with E-state index in [1.807, 2.05) is 0 Å². The molecule has 0 aliphatic carbocycles.